The number of carbonyl (C=O) groups excluding carboxylic acids is 1. The Bertz CT molecular complexity index is 1160. The zero-order valence-corrected chi connectivity index (χ0v) is 20.9. The Morgan fingerprint density at radius 1 is 1.18 bits per heavy atom. The van der Waals surface area contributed by atoms with E-state index in [2.05, 4.69) is 54.4 Å². The summed E-state index contributed by atoms with van der Waals surface area (Å²) in [6.07, 6.45) is 2.25. The number of carbonyl (C=O) groups is 1. The van der Waals surface area contributed by atoms with Gasteiger partial charge >= 0.3 is 0 Å². The highest BCUT2D eigenvalue weighted by atomic mass is 16.1. The fourth-order valence-corrected chi connectivity index (χ4v) is 4.87. The van der Waals surface area contributed by atoms with Crippen LogP contribution in [0.2, 0.25) is 0 Å². The zero-order valence-electron chi connectivity index (χ0n) is 20.9. The van der Waals surface area contributed by atoms with Gasteiger partial charge in [0.15, 0.2) is 5.65 Å². The van der Waals surface area contributed by atoms with Crippen molar-refractivity contribution in [2.24, 2.45) is 0 Å². The van der Waals surface area contributed by atoms with Gasteiger partial charge in [-0.3, -0.25) is 9.69 Å². The maximum atomic E-state index is 12.3. The van der Waals surface area contributed by atoms with Gasteiger partial charge in [0.25, 0.3) is 0 Å². The molecule has 1 fully saturated rings. The van der Waals surface area contributed by atoms with Crippen molar-refractivity contribution in [1.82, 2.24) is 24.8 Å². The van der Waals surface area contributed by atoms with E-state index in [-0.39, 0.29) is 11.4 Å². The number of hydrogen-bond donors (Lipinski definition) is 1. The summed E-state index contributed by atoms with van der Waals surface area (Å²) in [7, 11) is 0. The lowest BCUT2D eigenvalue weighted by molar-refractivity contribution is -0.122. The van der Waals surface area contributed by atoms with Crippen molar-refractivity contribution in [1.29, 1.82) is 0 Å². The summed E-state index contributed by atoms with van der Waals surface area (Å²) >= 11 is 0. The molecule has 0 bridgehead atoms. The summed E-state index contributed by atoms with van der Waals surface area (Å²) in [4.78, 5) is 19.7. The minimum Gasteiger partial charge on any atom is -0.351 e. The summed E-state index contributed by atoms with van der Waals surface area (Å²) < 4.78 is 1.98. The van der Waals surface area contributed by atoms with Gasteiger partial charge in [0.2, 0.25) is 5.91 Å². The lowest BCUT2D eigenvalue weighted by Gasteiger charge is -2.20. The van der Waals surface area contributed by atoms with E-state index in [4.69, 9.17) is 10.1 Å². The minimum atomic E-state index is -0.214. The molecule has 1 aromatic carbocycles. The van der Waals surface area contributed by atoms with Crippen molar-refractivity contribution < 1.29 is 4.79 Å². The number of nitrogens with zero attached hydrogens (tertiary/aromatic N) is 4. The van der Waals surface area contributed by atoms with E-state index in [1.54, 1.807) is 0 Å². The van der Waals surface area contributed by atoms with Crippen LogP contribution >= 0.6 is 0 Å². The van der Waals surface area contributed by atoms with Crippen LogP contribution in [0.5, 0.6) is 0 Å². The molecule has 1 aliphatic heterocycles. The van der Waals surface area contributed by atoms with Gasteiger partial charge in [-0.2, -0.15) is 5.10 Å². The smallest absolute Gasteiger partial charge is 0.220 e. The van der Waals surface area contributed by atoms with Crippen molar-refractivity contribution in [2.75, 3.05) is 13.1 Å². The molecule has 1 aliphatic rings. The van der Waals surface area contributed by atoms with Crippen LogP contribution in [0.3, 0.4) is 0 Å². The van der Waals surface area contributed by atoms with Crippen LogP contribution in [0.1, 0.15) is 73.3 Å². The molecule has 0 saturated carbocycles. The molecular weight excluding hydrogens is 410 g/mol. The van der Waals surface area contributed by atoms with Gasteiger partial charge < -0.3 is 5.32 Å². The second-order valence-corrected chi connectivity index (χ2v) is 10.5. The van der Waals surface area contributed by atoms with Crippen LogP contribution in [0.15, 0.2) is 30.3 Å². The van der Waals surface area contributed by atoms with E-state index in [9.17, 15) is 4.79 Å². The first-order valence-corrected chi connectivity index (χ1v) is 12.0. The minimum absolute atomic E-state index is 0.0715. The average Bonchev–Trinajstić information content (AvgIpc) is 3.35. The van der Waals surface area contributed by atoms with Crippen LogP contribution < -0.4 is 5.32 Å². The molecule has 33 heavy (non-hydrogen) atoms. The van der Waals surface area contributed by atoms with Crippen LogP contribution in [-0.2, 0) is 17.8 Å². The lowest BCUT2D eigenvalue weighted by atomic mass is 10.0. The molecule has 6 nitrogen and oxygen atoms in total. The van der Waals surface area contributed by atoms with Gasteiger partial charge in [-0.05, 0) is 77.6 Å². The van der Waals surface area contributed by atoms with Crippen molar-refractivity contribution >= 4 is 11.6 Å². The Morgan fingerprint density at radius 3 is 2.67 bits per heavy atom. The van der Waals surface area contributed by atoms with Crippen molar-refractivity contribution in [3.05, 3.63) is 64.1 Å². The number of benzene rings is 1. The maximum absolute atomic E-state index is 12.3. The molecule has 0 unspecified atom stereocenters. The quantitative estimate of drug-likeness (QED) is 0.605. The Labute approximate surface area is 197 Å². The fraction of sp³-hybridized carbons (Fsp3) is 0.519. The van der Waals surface area contributed by atoms with Gasteiger partial charge in [-0.25, -0.2) is 9.50 Å². The maximum Gasteiger partial charge on any atom is 0.220 e. The Morgan fingerprint density at radius 2 is 1.94 bits per heavy atom. The number of hydrogen-bond acceptors (Lipinski definition) is 4. The predicted octanol–water partition coefficient (Wildman–Crippen LogP) is 4.49. The molecule has 0 radical (unpaired) electrons. The normalized spacial score (nSPS) is 17.1. The summed E-state index contributed by atoms with van der Waals surface area (Å²) in [5.41, 5.74) is 7.77. The molecule has 1 saturated heterocycles. The van der Waals surface area contributed by atoms with E-state index in [1.807, 2.05) is 32.2 Å². The first-order valence-electron chi connectivity index (χ1n) is 12.0. The van der Waals surface area contributed by atoms with E-state index in [0.717, 1.165) is 54.3 Å². The SMILES string of the molecule is Cc1ccccc1CN1CC[C@@H](c2cc3nc(C)c(CCC(=O)NC(C)(C)C)c(C)n3n2)C1. The summed E-state index contributed by atoms with van der Waals surface area (Å²) in [6.45, 7) is 15.4. The molecule has 0 aliphatic carbocycles. The first-order chi connectivity index (χ1) is 15.6. The Kier molecular flexibility index (Phi) is 6.57. The van der Waals surface area contributed by atoms with Crippen molar-refractivity contribution in [3.63, 3.8) is 0 Å². The van der Waals surface area contributed by atoms with E-state index in [1.165, 1.54) is 11.1 Å². The van der Waals surface area contributed by atoms with Crippen LogP contribution in [0.4, 0.5) is 0 Å². The van der Waals surface area contributed by atoms with Gasteiger partial charge in [-0.15, -0.1) is 0 Å². The van der Waals surface area contributed by atoms with Gasteiger partial charge in [-0.1, -0.05) is 24.3 Å². The van der Waals surface area contributed by atoms with Gasteiger partial charge in [0.1, 0.15) is 0 Å². The first kappa shape index (κ1) is 23.4. The molecular formula is C27H37N5O. The second-order valence-electron chi connectivity index (χ2n) is 10.5. The highest BCUT2D eigenvalue weighted by Gasteiger charge is 2.27. The number of rotatable bonds is 6. The molecule has 176 valence electrons. The Hall–Kier alpha value is -2.73. The molecule has 1 atom stereocenters. The standard InChI is InChI=1S/C27H37N5O/c1-18-9-7-8-10-21(18)16-31-14-13-22(17-31)24-15-25-28-19(2)23(20(3)32(25)30-24)11-12-26(33)29-27(4,5)6/h7-10,15,22H,11-14,16-17H2,1-6H3,(H,29,33)/t22-/m1/s1. The third-order valence-electron chi connectivity index (χ3n) is 6.65. The van der Waals surface area contributed by atoms with Crippen LogP contribution in [0, 0.1) is 20.8 Å². The number of nitrogens with one attached hydrogen (secondary N) is 1. The number of fused-ring (bicyclic) bond motifs is 1. The lowest BCUT2D eigenvalue weighted by Crippen LogP contribution is -2.40. The zero-order chi connectivity index (χ0) is 23.8. The molecule has 3 heterocycles. The fourth-order valence-electron chi connectivity index (χ4n) is 4.87. The highest BCUT2D eigenvalue weighted by molar-refractivity contribution is 5.77. The average molecular weight is 448 g/mol. The number of likely N-dealkylation sites (tertiary alicyclic amines) is 1. The van der Waals surface area contributed by atoms with Crippen LogP contribution in [0.25, 0.3) is 5.65 Å². The van der Waals surface area contributed by atoms with Gasteiger partial charge in [0.05, 0.1) is 5.69 Å². The highest BCUT2D eigenvalue weighted by Crippen LogP contribution is 2.29. The number of amides is 1. The third kappa shape index (κ3) is 5.44. The predicted molar refractivity (Wildman–Crippen MR) is 132 cm³/mol. The summed E-state index contributed by atoms with van der Waals surface area (Å²) in [5.74, 6) is 0.499. The largest absolute Gasteiger partial charge is 0.351 e. The number of aryl methyl sites for hydroxylation is 3. The molecule has 2 aromatic heterocycles. The molecule has 1 N–H and O–H groups in total. The third-order valence-corrected chi connectivity index (χ3v) is 6.65. The van der Waals surface area contributed by atoms with Gasteiger partial charge in [0, 0.05) is 48.4 Å². The molecule has 4 rings (SSSR count). The molecule has 6 heteroatoms. The van der Waals surface area contributed by atoms with E-state index in [0.29, 0.717) is 18.8 Å². The van der Waals surface area contributed by atoms with E-state index < -0.39 is 0 Å². The van der Waals surface area contributed by atoms with Crippen molar-refractivity contribution in [2.45, 2.75) is 78.8 Å². The monoisotopic (exact) mass is 447 g/mol. The molecule has 3 aromatic rings. The van der Waals surface area contributed by atoms with Crippen molar-refractivity contribution in [3.8, 4) is 0 Å². The summed E-state index contributed by atoms with van der Waals surface area (Å²) in [5, 5.41) is 8.01. The number of aromatic nitrogens is 3. The van der Waals surface area contributed by atoms with Crippen LogP contribution in [-0.4, -0.2) is 44.0 Å². The second kappa shape index (κ2) is 9.26. The van der Waals surface area contributed by atoms with E-state index >= 15 is 0 Å². The molecule has 1 amide bonds. The summed E-state index contributed by atoms with van der Waals surface area (Å²) in [6, 6.07) is 10.8. The Balaban J connectivity index is 1.47. The topological polar surface area (TPSA) is 62.5 Å². The molecule has 0 spiro atoms.